The smallest absolute Gasteiger partial charge is 0 e. The molecule has 0 aromatic rings. The van der Waals surface area contributed by atoms with Crippen LogP contribution in [-0.2, 0) is 37.3 Å². The fourth-order valence-electron chi connectivity index (χ4n) is 0. The van der Waals surface area contributed by atoms with E-state index >= 15 is 0 Å². The zero-order valence-corrected chi connectivity index (χ0v) is 6.13. The molecule has 0 unspecified atom stereocenters. The summed E-state index contributed by atoms with van der Waals surface area (Å²) >= 11 is 3.24. The van der Waals surface area contributed by atoms with Crippen molar-refractivity contribution in [3.63, 3.8) is 0 Å². The Hall–Kier alpha value is 0.769. The van der Waals surface area contributed by atoms with Gasteiger partial charge in [0.2, 0.25) is 0 Å². The van der Waals surface area contributed by atoms with Crippen LogP contribution >= 0.6 is 0 Å². The molecule has 0 spiro atoms. The summed E-state index contributed by atoms with van der Waals surface area (Å²) in [6, 6.07) is 0. The molecule has 0 atom stereocenters. The topological polar surface area (TPSA) is 99.7 Å². The number of quaternary nitrogens is 1. The van der Waals surface area contributed by atoms with Crippen molar-refractivity contribution in [2.45, 2.75) is 0 Å². The molecule has 0 fully saturated rings. The predicted octanol–water partition coefficient (Wildman–Crippen LogP) is -0.633. The summed E-state index contributed by atoms with van der Waals surface area (Å²) in [6.07, 6.45) is 0. The van der Waals surface area contributed by atoms with Gasteiger partial charge in [-0.05, 0) is 11.2 Å². The Morgan fingerprint density at radius 2 is 1.43 bits per heavy atom. The van der Waals surface area contributed by atoms with Crippen molar-refractivity contribution in [1.82, 2.24) is 6.15 Å². The zero-order chi connectivity index (χ0) is 4.50. The molecule has 0 heterocycles. The minimum absolute atomic E-state index is 0. The second kappa shape index (κ2) is 4.92. The van der Waals surface area contributed by atoms with Crippen LogP contribution in [0.1, 0.15) is 0 Å². The van der Waals surface area contributed by atoms with Crippen LogP contribution in [0.3, 0.4) is 0 Å². The molecule has 4 N–H and O–H groups in total. The fraction of sp³-hybridized carbons (Fsp3) is 0. The van der Waals surface area contributed by atoms with E-state index in [4.69, 9.17) is 13.3 Å². The Kier molecular flexibility index (Phi) is 11.0. The Labute approximate surface area is 57.1 Å². The first-order valence-electron chi connectivity index (χ1n) is 0.667. The Morgan fingerprint density at radius 1 is 1.43 bits per heavy atom. The molecule has 0 aromatic heterocycles. The molecule has 48 valence electrons. The maximum atomic E-state index is 8.89. The average Bonchev–Trinajstić information content (AvgIpc) is 0.722. The second-order valence-electron chi connectivity index (χ2n) is 0.408. The van der Waals surface area contributed by atoms with Crippen LogP contribution in [-0.4, -0.2) is 13.3 Å². The summed E-state index contributed by atoms with van der Waals surface area (Å²) < 4.78 is 26.7. The van der Waals surface area contributed by atoms with Crippen molar-refractivity contribution in [3.8, 4) is 0 Å². The van der Waals surface area contributed by atoms with Crippen molar-refractivity contribution in [1.29, 1.82) is 0 Å². The molecule has 0 saturated heterocycles. The maximum absolute atomic E-state index is 8.89. The molecule has 0 aliphatic rings. The van der Waals surface area contributed by atoms with Crippen LogP contribution in [0.4, 0.5) is 0 Å². The summed E-state index contributed by atoms with van der Waals surface area (Å²) in [5.41, 5.74) is 0. The molecule has 0 rings (SSSR count). The van der Waals surface area contributed by atoms with Crippen LogP contribution in [0.15, 0.2) is 0 Å². The van der Waals surface area contributed by atoms with Crippen LogP contribution in [0.2, 0.25) is 0 Å². The van der Waals surface area contributed by atoms with E-state index in [-0.39, 0.29) is 23.2 Å². The normalized spacial score (nSPS) is 8.29. The molecular weight excluding hydrogens is 182 g/mol. The first-order valence-corrected chi connectivity index (χ1v) is 3.00. The van der Waals surface area contributed by atoms with Gasteiger partial charge in [-0.15, -0.1) is 9.05 Å². The second-order valence-corrected chi connectivity index (χ2v) is 2.45. The van der Waals surface area contributed by atoms with Crippen molar-refractivity contribution >= 4 is 20.2 Å². The molecular formula is H4FeNO3S2-. The number of hydrogen-bond donors (Lipinski definition) is 1. The summed E-state index contributed by atoms with van der Waals surface area (Å²) in [4.78, 5) is 0. The SMILES string of the molecule is O=S([O-])([O-])=S.[Fe].[NH4+]. The van der Waals surface area contributed by atoms with E-state index in [2.05, 4.69) is 11.2 Å². The average molecular weight is 186 g/mol. The summed E-state index contributed by atoms with van der Waals surface area (Å²) in [5.74, 6) is 0. The minimum Gasteiger partial charge on any atom is -0.780 e. The van der Waals surface area contributed by atoms with Gasteiger partial charge < -0.3 is 15.3 Å². The maximum Gasteiger partial charge on any atom is 0 e. The van der Waals surface area contributed by atoms with E-state index in [1.165, 1.54) is 0 Å². The third-order valence-electron chi connectivity index (χ3n) is 0. The monoisotopic (exact) mass is 186 g/mol. The van der Waals surface area contributed by atoms with Gasteiger partial charge in [0.25, 0.3) is 0 Å². The first-order chi connectivity index (χ1) is 2.00. The van der Waals surface area contributed by atoms with Gasteiger partial charge in [-0.3, -0.25) is 4.21 Å². The van der Waals surface area contributed by atoms with E-state index in [0.717, 1.165) is 0 Å². The molecule has 0 saturated carbocycles. The van der Waals surface area contributed by atoms with E-state index in [1.807, 2.05) is 0 Å². The van der Waals surface area contributed by atoms with Crippen LogP contribution < -0.4 is 6.15 Å². The first kappa shape index (κ1) is 15.7. The molecule has 0 bridgehead atoms. The molecule has 0 aromatic carbocycles. The van der Waals surface area contributed by atoms with Crippen LogP contribution in [0.5, 0.6) is 0 Å². The molecule has 0 aliphatic heterocycles. The summed E-state index contributed by atoms with van der Waals surface area (Å²) in [7, 11) is -4.33. The van der Waals surface area contributed by atoms with Crippen LogP contribution in [0, 0.1) is 0 Å². The zero-order valence-electron chi connectivity index (χ0n) is 3.39. The van der Waals surface area contributed by atoms with Gasteiger partial charge in [0, 0.05) is 17.1 Å². The van der Waals surface area contributed by atoms with Crippen LogP contribution in [0.25, 0.3) is 0 Å². The fourth-order valence-corrected chi connectivity index (χ4v) is 0. The van der Waals surface area contributed by atoms with Gasteiger partial charge >= 0.3 is 0 Å². The third kappa shape index (κ3) is 260. The third-order valence-corrected chi connectivity index (χ3v) is 0. The van der Waals surface area contributed by atoms with Gasteiger partial charge in [-0.2, -0.15) is 0 Å². The van der Waals surface area contributed by atoms with E-state index in [9.17, 15) is 0 Å². The van der Waals surface area contributed by atoms with Gasteiger partial charge in [0.15, 0.2) is 0 Å². The van der Waals surface area contributed by atoms with Gasteiger partial charge in [-0.25, -0.2) is 0 Å². The van der Waals surface area contributed by atoms with Crippen molar-refractivity contribution < 1.29 is 30.4 Å². The number of hydrogen-bond acceptors (Lipinski definition) is 4. The van der Waals surface area contributed by atoms with E-state index in [1.54, 1.807) is 0 Å². The number of rotatable bonds is 0. The minimum atomic E-state index is -4.33. The molecule has 4 nitrogen and oxygen atoms in total. The molecule has 7 heteroatoms. The molecule has 0 aliphatic carbocycles. The Bertz CT molecular complexity index is 96.1. The quantitative estimate of drug-likeness (QED) is 0.508. The standard InChI is InChI=1S/Fe.H3N.H2O3S2/c;;1-5(2,3)4/h;1H3;(H2,1,2,3,4)/p-1. The van der Waals surface area contributed by atoms with Crippen molar-refractivity contribution in [2.24, 2.45) is 0 Å². The largest absolute Gasteiger partial charge is 0.780 e. The van der Waals surface area contributed by atoms with E-state index < -0.39 is 9.05 Å². The summed E-state index contributed by atoms with van der Waals surface area (Å²) in [6.45, 7) is 0. The Morgan fingerprint density at radius 3 is 1.43 bits per heavy atom. The van der Waals surface area contributed by atoms with Crippen molar-refractivity contribution in [3.05, 3.63) is 0 Å². The molecule has 0 amide bonds. The Balaban J connectivity index is -0.0000000800. The summed E-state index contributed by atoms with van der Waals surface area (Å²) in [5, 5.41) is 0. The predicted molar refractivity (Wildman–Crippen MR) is 23.0 cm³/mol. The van der Waals surface area contributed by atoms with Gasteiger partial charge in [-0.1, -0.05) is 0 Å². The molecule has 7 heavy (non-hydrogen) atoms. The van der Waals surface area contributed by atoms with E-state index in [0.29, 0.717) is 0 Å². The van der Waals surface area contributed by atoms with Gasteiger partial charge in [0.1, 0.15) is 0 Å². The van der Waals surface area contributed by atoms with Crippen molar-refractivity contribution in [2.75, 3.05) is 0 Å². The molecule has 0 radical (unpaired) electrons. The van der Waals surface area contributed by atoms with Gasteiger partial charge in [0.05, 0.1) is 0 Å².